The van der Waals surface area contributed by atoms with Crippen LogP contribution in [0.4, 0.5) is 0 Å². The van der Waals surface area contributed by atoms with E-state index in [1.54, 1.807) is 7.11 Å². The van der Waals surface area contributed by atoms with Crippen molar-refractivity contribution in [3.63, 3.8) is 0 Å². The minimum atomic E-state index is -0.287. The van der Waals surface area contributed by atoms with Gasteiger partial charge in [0.2, 0.25) is 5.91 Å². The number of carbonyl (C=O) groups is 1. The fourth-order valence-electron chi connectivity index (χ4n) is 1.03. The van der Waals surface area contributed by atoms with Crippen LogP contribution in [0.2, 0.25) is 0 Å². The molecule has 4 nitrogen and oxygen atoms in total. The molecule has 1 aliphatic rings. The minimum absolute atomic E-state index is 0.0385. The monoisotopic (exact) mass is 173 g/mol. The first-order chi connectivity index (χ1) is 5.72. The van der Waals surface area contributed by atoms with E-state index in [1.165, 1.54) is 0 Å². The second-order valence-electron chi connectivity index (χ2n) is 3.23. The van der Waals surface area contributed by atoms with Crippen LogP contribution >= 0.6 is 0 Å². The van der Waals surface area contributed by atoms with Crippen molar-refractivity contribution in [2.24, 2.45) is 0 Å². The van der Waals surface area contributed by atoms with E-state index in [0.717, 1.165) is 12.8 Å². The molecule has 12 heavy (non-hydrogen) atoms. The zero-order valence-electron chi connectivity index (χ0n) is 7.30. The molecule has 0 aromatic heterocycles. The Bertz CT molecular complexity index is 166. The average Bonchev–Trinajstić information content (AvgIpc) is 2.82. The van der Waals surface area contributed by atoms with Gasteiger partial charge in [-0.05, 0) is 12.8 Å². The number of aliphatic hydroxyl groups excluding tert-OH is 1. The molecule has 1 saturated carbocycles. The highest BCUT2D eigenvalue weighted by Gasteiger charge is 2.43. The molecule has 1 rings (SSSR count). The number of rotatable bonds is 5. The van der Waals surface area contributed by atoms with Gasteiger partial charge in [0.25, 0.3) is 0 Å². The Balaban J connectivity index is 2.17. The lowest BCUT2D eigenvalue weighted by Gasteiger charge is -2.13. The van der Waals surface area contributed by atoms with Crippen molar-refractivity contribution in [1.29, 1.82) is 0 Å². The van der Waals surface area contributed by atoms with Crippen LogP contribution in [0, 0.1) is 0 Å². The Morgan fingerprint density at radius 2 is 2.33 bits per heavy atom. The molecule has 0 unspecified atom stereocenters. The highest BCUT2D eigenvalue weighted by Crippen LogP contribution is 2.34. The lowest BCUT2D eigenvalue weighted by Crippen LogP contribution is -2.39. The predicted octanol–water partition coefficient (Wildman–Crippen LogP) is -0.336. The van der Waals surface area contributed by atoms with Crippen LogP contribution in [0.1, 0.15) is 19.3 Å². The maximum Gasteiger partial charge on any atom is 0.222 e. The van der Waals surface area contributed by atoms with Crippen LogP contribution in [-0.4, -0.2) is 36.9 Å². The zero-order valence-corrected chi connectivity index (χ0v) is 7.30. The van der Waals surface area contributed by atoms with Crippen molar-refractivity contribution in [2.75, 3.05) is 20.3 Å². The van der Waals surface area contributed by atoms with Gasteiger partial charge in [0.1, 0.15) is 0 Å². The fraction of sp³-hybridized carbons (Fsp3) is 0.875. The summed E-state index contributed by atoms with van der Waals surface area (Å²) in [5.74, 6) is -0.0385. The van der Waals surface area contributed by atoms with Crippen LogP contribution in [-0.2, 0) is 9.53 Å². The second-order valence-corrected chi connectivity index (χ2v) is 3.23. The predicted molar refractivity (Wildman–Crippen MR) is 43.7 cm³/mol. The summed E-state index contributed by atoms with van der Waals surface area (Å²) in [6, 6.07) is 0. The number of methoxy groups -OCH3 is 1. The van der Waals surface area contributed by atoms with Crippen LogP contribution in [0.15, 0.2) is 0 Å². The number of amides is 1. The molecule has 2 N–H and O–H groups in total. The molecule has 0 radical (unpaired) electrons. The summed E-state index contributed by atoms with van der Waals surface area (Å²) in [6.07, 6.45) is 2.16. The average molecular weight is 173 g/mol. The number of nitrogens with one attached hydrogen (secondary N) is 1. The summed E-state index contributed by atoms with van der Waals surface area (Å²) >= 11 is 0. The Morgan fingerprint density at radius 1 is 1.67 bits per heavy atom. The van der Waals surface area contributed by atoms with Gasteiger partial charge in [0.05, 0.1) is 18.8 Å². The van der Waals surface area contributed by atoms with E-state index in [4.69, 9.17) is 9.84 Å². The molecular weight excluding hydrogens is 158 g/mol. The highest BCUT2D eigenvalue weighted by atomic mass is 16.5. The van der Waals surface area contributed by atoms with Gasteiger partial charge in [-0.2, -0.15) is 0 Å². The molecule has 4 heteroatoms. The smallest absolute Gasteiger partial charge is 0.222 e. The van der Waals surface area contributed by atoms with Crippen LogP contribution in [0.5, 0.6) is 0 Å². The van der Waals surface area contributed by atoms with Crippen molar-refractivity contribution in [3.05, 3.63) is 0 Å². The quantitative estimate of drug-likeness (QED) is 0.598. The summed E-state index contributed by atoms with van der Waals surface area (Å²) in [5.41, 5.74) is -0.287. The molecule has 0 atom stereocenters. The van der Waals surface area contributed by atoms with E-state index in [9.17, 15) is 4.79 Å². The Labute approximate surface area is 71.9 Å². The topological polar surface area (TPSA) is 58.6 Å². The van der Waals surface area contributed by atoms with Crippen LogP contribution < -0.4 is 5.32 Å². The van der Waals surface area contributed by atoms with Crippen molar-refractivity contribution in [3.8, 4) is 0 Å². The Kier molecular flexibility index (Phi) is 3.05. The fourth-order valence-corrected chi connectivity index (χ4v) is 1.03. The Hall–Kier alpha value is -0.610. The first-order valence-electron chi connectivity index (χ1n) is 4.13. The summed E-state index contributed by atoms with van der Waals surface area (Å²) < 4.78 is 4.76. The molecule has 0 aliphatic heterocycles. The molecule has 1 fully saturated rings. The van der Waals surface area contributed by atoms with Crippen molar-refractivity contribution in [2.45, 2.75) is 24.8 Å². The van der Waals surface area contributed by atoms with Gasteiger partial charge >= 0.3 is 0 Å². The van der Waals surface area contributed by atoms with Gasteiger partial charge in [0.15, 0.2) is 0 Å². The SMILES string of the molecule is COCCC(=O)NC1(CO)CC1. The first kappa shape index (κ1) is 9.48. The van der Waals surface area contributed by atoms with Crippen LogP contribution in [0.25, 0.3) is 0 Å². The zero-order chi connectivity index (χ0) is 9.03. The molecule has 0 saturated heterocycles. The molecule has 0 aromatic carbocycles. The maximum atomic E-state index is 11.1. The summed E-state index contributed by atoms with van der Waals surface area (Å²) in [6.45, 7) is 0.485. The number of aliphatic hydroxyl groups is 1. The normalized spacial score (nSPS) is 18.8. The van der Waals surface area contributed by atoms with Crippen LogP contribution in [0.3, 0.4) is 0 Å². The van der Waals surface area contributed by atoms with Gasteiger partial charge in [0, 0.05) is 13.5 Å². The molecule has 0 spiro atoms. The van der Waals surface area contributed by atoms with Gasteiger partial charge in [-0.1, -0.05) is 0 Å². The Morgan fingerprint density at radius 3 is 2.75 bits per heavy atom. The number of hydrogen-bond donors (Lipinski definition) is 2. The third kappa shape index (κ3) is 2.46. The van der Waals surface area contributed by atoms with Gasteiger partial charge in [-0.15, -0.1) is 0 Å². The highest BCUT2D eigenvalue weighted by molar-refractivity contribution is 5.77. The van der Waals surface area contributed by atoms with Crippen molar-refractivity contribution < 1.29 is 14.6 Å². The maximum absolute atomic E-state index is 11.1. The van der Waals surface area contributed by atoms with E-state index >= 15 is 0 Å². The molecule has 70 valence electrons. The molecular formula is C8H15NO3. The van der Waals surface area contributed by atoms with E-state index < -0.39 is 0 Å². The summed E-state index contributed by atoms with van der Waals surface area (Å²) in [5, 5.41) is 11.7. The molecule has 0 heterocycles. The van der Waals surface area contributed by atoms with E-state index in [1.807, 2.05) is 0 Å². The second kappa shape index (κ2) is 3.87. The van der Waals surface area contributed by atoms with Crippen molar-refractivity contribution >= 4 is 5.91 Å². The molecule has 0 bridgehead atoms. The van der Waals surface area contributed by atoms with Crippen molar-refractivity contribution in [1.82, 2.24) is 5.32 Å². The standard InChI is InChI=1S/C8H15NO3/c1-12-5-2-7(11)9-8(6-10)3-4-8/h10H,2-6H2,1H3,(H,9,11). The minimum Gasteiger partial charge on any atom is -0.394 e. The lowest BCUT2D eigenvalue weighted by atomic mass is 10.3. The number of hydrogen-bond acceptors (Lipinski definition) is 3. The molecule has 1 amide bonds. The van der Waals surface area contributed by atoms with E-state index in [0.29, 0.717) is 13.0 Å². The largest absolute Gasteiger partial charge is 0.394 e. The van der Waals surface area contributed by atoms with Gasteiger partial charge in [-0.3, -0.25) is 4.79 Å². The molecule has 0 aromatic rings. The van der Waals surface area contributed by atoms with Gasteiger partial charge < -0.3 is 15.2 Å². The summed E-state index contributed by atoms with van der Waals surface area (Å²) in [7, 11) is 1.56. The third-order valence-electron chi connectivity index (χ3n) is 2.09. The molecule has 1 aliphatic carbocycles. The van der Waals surface area contributed by atoms with E-state index in [-0.39, 0.29) is 18.1 Å². The first-order valence-corrected chi connectivity index (χ1v) is 4.13. The van der Waals surface area contributed by atoms with Gasteiger partial charge in [-0.25, -0.2) is 0 Å². The lowest BCUT2D eigenvalue weighted by molar-refractivity contribution is -0.123. The third-order valence-corrected chi connectivity index (χ3v) is 2.09. The number of ether oxygens (including phenoxy) is 1. The summed E-state index contributed by atoms with van der Waals surface area (Å²) in [4.78, 5) is 11.1. The van der Waals surface area contributed by atoms with E-state index in [2.05, 4.69) is 5.32 Å². The number of carbonyl (C=O) groups excluding carboxylic acids is 1.